The number of hydrogen-bond acceptors (Lipinski definition) is 7. The Labute approximate surface area is 228 Å². The summed E-state index contributed by atoms with van der Waals surface area (Å²) < 4.78 is 20.1. The van der Waals surface area contributed by atoms with Gasteiger partial charge < -0.3 is 24.3 Å². The number of nitrogens with two attached hydrogens (primary N) is 2. The maximum Gasteiger partial charge on any atom is 0.174 e. The van der Waals surface area contributed by atoms with E-state index in [0.717, 1.165) is 55.0 Å². The Balaban J connectivity index is 1.94. The van der Waals surface area contributed by atoms with Gasteiger partial charge in [-0.1, -0.05) is 45.8 Å². The molecule has 2 unspecified atom stereocenters. The molecule has 0 bridgehead atoms. The quantitative estimate of drug-likeness (QED) is 0.153. The molecule has 1 heterocycles. The minimum atomic E-state index is -1.90. The zero-order valence-electron chi connectivity index (χ0n) is 22.7. The second kappa shape index (κ2) is 12.5. The van der Waals surface area contributed by atoms with Crippen LogP contribution in [0.4, 0.5) is 11.4 Å². The fraction of sp³-hybridized carbons (Fsp3) is 0.556. The Kier molecular flexibility index (Phi) is 10.2. The first-order valence-corrected chi connectivity index (χ1v) is 21.8. The summed E-state index contributed by atoms with van der Waals surface area (Å²) >= 11 is 3.15. The van der Waals surface area contributed by atoms with Gasteiger partial charge in [0.05, 0.1) is 47.8 Å². The second-order valence-electron chi connectivity index (χ2n) is 11.0. The van der Waals surface area contributed by atoms with E-state index in [1.54, 1.807) is 24.1 Å². The fourth-order valence-electron chi connectivity index (χ4n) is 4.68. The van der Waals surface area contributed by atoms with E-state index in [1.807, 2.05) is 48.5 Å². The van der Waals surface area contributed by atoms with Crippen molar-refractivity contribution in [3.8, 4) is 11.5 Å². The Morgan fingerprint density at radius 2 is 1.22 bits per heavy atom. The van der Waals surface area contributed by atoms with E-state index in [0.29, 0.717) is 0 Å². The monoisotopic (exact) mass is 564 g/mol. The van der Waals surface area contributed by atoms with E-state index < -0.39 is 15.4 Å². The summed E-state index contributed by atoms with van der Waals surface area (Å²) in [6.07, 6.45) is 5.23. The lowest BCUT2D eigenvalue weighted by Gasteiger charge is -2.56. The second-order valence-corrected chi connectivity index (χ2v) is 28.0. The highest BCUT2D eigenvalue weighted by Crippen LogP contribution is 2.51. The smallest absolute Gasteiger partial charge is 0.174 e. The molecule has 5 nitrogen and oxygen atoms in total. The topological polar surface area (TPSA) is 79.7 Å². The number of anilines is 2. The zero-order valence-corrected chi connectivity index (χ0v) is 26.3. The van der Waals surface area contributed by atoms with Crippen molar-refractivity contribution < 1.29 is 12.8 Å². The molecule has 0 aromatic heterocycles. The summed E-state index contributed by atoms with van der Waals surface area (Å²) in [6, 6.07) is 16.6. The molecule has 0 aliphatic carbocycles. The number of rotatable bonds is 12. The SMILES string of the molecule is CCCC(SOc1ccc(N)cc1)C1(C(CCC)SOc2ccc(N)cc2)CC[Si](C)(C)[Si](C)(C)O1. The van der Waals surface area contributed by atoms with Crippen LogP contribution in [0.1, 0.15) is 46.0 Å². The average Bonchev–Trinajstić information content (AvgIpc) is 2.83. The normalized spacial score (nSPS) is 22.5. The van der Waals surface area contributed by atoms with Crippen molar-refractivity contribution >= 4 is 50.9 Å². The van der Waals surface area contributed by atoms with Crippen LogP contribution in [0.15, 0.2) is 48.5 Å². The molecule has 3 rings (SSSR count). The molecule has 1 aliphatic heterocycles. The zero-order chi connectivity index (χ0) is 26.4. The highest BCUT2D eigenvalue weighted by atomic mass is 32.2. The molecule has 0 saturated carbocycles. The minimum Gasteiger partial charge on any atom is -0.425 e. The lowest BCUT2D eigenvalue weighted by Crippen LogP contribution is -2.70. The van der Waals surface area contributed by atoms with Crippen molar-refractivity contribution in [1.82, 2.24) is 0 Å². The molecule has 2 atom stereocenters. The maximum absolute atomic E-state index is 7.48. The van der Waals surface area contributed by atoms with Crippen molar-refractivity contribution in [1.29, 1.82) is 0 Å². The molecule has 0 spiro atoms. The van der Waals surface area contributed by atoms with Gasteiger partial charge in [-0.15, -0.1) is 0 Å². The molecule has 2 aromatic rings. The molecule has 36 heavy (non-hydrogen) atoms. The molecule has 200 valence electrons. The third-order valence-corrected chi connectivity index (χ3v) is 26.5. The molecular weight excluding hydrogens is 521 g/mol. The van der Waals surface area contributed by atoms with Gasteiger partial charge in [0.25, 0.3) is 0 Å². The standard InChI is InChI=1S/C27H44N2O3S2Si2/c1-7-9-25(33-30-23-15-11-21(28)12-16-23)27(19-20-35(3,4)36(5,6)32-27)26(10-8-2)34-31-24-17-13-22(29)14-18-24/h11-18,25-26H,7-10,19-20,28-29H2,1-6H3. The highest BCUT2D eigenvalue weighted by Gasteiger charge is 2.59. The van der Waals surface area contributed by atoms with Crippen molar-refractivity contribution in [3.63, 3.8) is 0 Å². The number of hydrogen-bond donors (Lipinski definition) is 2. The van der Waals surface area contributed by atoms with Crippen LogP contribution in [0.5, 0.6) is 11.5 Å². The summed E-state index contributed by atoms with van der Waals surface area (Å²) in [6.45, 7) is 14.4. The van der Waals surface area contributed by atoms with Crippen LogP contribution in [0, 0.1) is 0 Å². The highest BCUT2D eigenvalue weighted by molar-refractivity contribution is 7.96. The molecule has 4 N–H and O–H groups in total. The van der Waals surface area contributed by atoms with Crippen LogP contribution in [-0.2, 0) is 4.43 Å². The molecule has 1 aliphatic rings. The lowest BCUT2D eigenvalue weighted by atomic mass is 9.87. The Morgan fingerprint density at radius 1 is 0.806 bits per heavy atom. The molecule has 0 radical (unpaired) electrons. The van der Waals surface area contributed by atoms with Crippen molar-refractivity contribution in [2.75, 3.05) is 11.5 Å². The van der Waals surface area contributed by atoms with Crippen LogP contribution in [0.2, 0.25) is 32.2 Å². The van der Waals surface area contributed by atoms with Gasteiger partial charge in [-0.25, -0.2) is 0 Å². The van der Waals surface area contributed by atoms with Crippen LogP contribution in [0.3, 0.4) is 0 Å². The van der Waals surface area contributed by atoms with Gasteiger partial charge in [0.15, 0.2) is 7.83 Å². The predicted molar refractivity (Wildman–Crippen MR) is 164 cm³/mol. The minimum absolute atomic E-state index is 0.191. The average molecular weight is 565 g/mol. The van der Waals surface area contributed by atoms with Crippen molar-refractivity contribution in [2.24, 2.45) is 0 Å². The van der Waals surface area contributed by atoms with Gasteiger partial charge in [-0.05, 0) is 80.9 Å². The largest absolute Gasteiger partial charge is 0.425 e. The summed E-state index contributed by atoms with van der Waals surface area (Å²) in [5.41, 5.74) is 12.9. The first-order chi connectivity index (χ1) is 17.0. The molecule has 2 aromatic carbocycles. The molecular formula is C27H44N2O3S2Si2. The lowest BCUT2D eigenvalue weighted by molar-refractivity contribution is 0.0410. The molecule has 1 saturated heterocycles. The third kappa shape index (κ3) is 6.98. The van der Waals surface area contributed by atoms with E-state index >= 15 is 0 Å². The van der Waals surface area contributed by atoms with Crippen LogP contribution in [-0.4, -0.2) is 31.5 Å². The van der Waals surface area contributed by atoms with Crippen LogP contribution >= 0.6 is 24.1 Å². The van der Waals surface area contributed by atoms with Crippen LogP contribution in [0.25, 0.3) is 0 Å². The Morgan fingerprint density at radius 3 is 1.58 bits per heavy atom. The van der Waals surface area contributed by atoms with Crippen molar-refractivity contribution in [3.05, 3.63) is 48.5 Å². The van der Waals surface area contributed by atoms with Gasteiger partial charge in [-0.3, -0.25) is 0 Å². The van der Waals surface area contributed by atoms with Crippen molar-refractivity contribution in [2.45, 2.75) is 94.3 Å². The first-order valence-electron chi connectivity index (χ1n) is 13.1. The Bertz CT molecular complexity index is 899. The van der Waals surface area contributed by atoms with Gasteiger partial charge in [0, 0.05) is 11.4 Å². The van der Waals surface area contributed by atoms with Gasteiger partial charge in [0.2, 0.25) is 0 Å². The number of benzene rings is 2. The van der Waals surface area contributed by atoms with Gasteiger partial charge in [-0.2, -0.15) is 0 Å². The van der Waals surface area contributed by atoms with E-state index in [2.05, 4.69) is 40.0 Å². The summed E-state index contributed by atoms with van der Waals surface area (Å²) in [7, 11) is -3.34. The summed E-state index contributed by atoms with van der Waals surface area (Å²) in [5, 5.41) is 0.381. The molecule has 9 heteroatoms. The number of nitrogen functional groups attached to an aromatic ring is 2. The fourth-order valence-corrected chi connectivity index (χ4v) is 14.1. The third-order valence-electron chi connectivity index (χ3n) is 7.69. The molecule has 0 amide bonds. The van der Waals surface area contributed by atoms with E-state index in [4.69, 9.17) is 24.3 Å². The van der Waals surface area contributed by atoms with Crippen LogP contribution < -0.4 is 19.8 Å². The first kappa shape index (κ1) is 29.3. The van der Waals surface area contributed by atoms with Gasteiger partial charge in [0.1, 0.15) is 11.5 Å². The predicted octanol–water partition coefficient (Wildman–Crippen LogP) is 8.09. The summed E-state index contributed by atoms with van der Waals surface area (Å²) in [4.78, 5) is 0. The molecule has 1 fully saturated rings. The van der Waals surface area contributed by atoms with Gasteiger partial charge >= 0.3 is 0 Å². The van der Waals surface area contributed by atoms with E-state index in [9.17, 15) is 0 Å². The van der Waals surface area contributed by atoms with E-state index in [1.165, 1.54) is 6.04 Å². The maximum atomic E-state index is 7.48. The van der Waals surface area contributed by atoms with E-state index in [-0.39, 0.29) is 16.1 Å². The summed E-state index contributed by atoms with van der Waals surface area (Å²) in [5.74, 6) is 1.65. The Hall–Kier alpha value is -1.27.